The number of hydrogen-bond acceptors (Lipinski definition) is 3. The third-order valence-electron chi connectivity index (χ3n) is 4.70. The van der Waals surface area contributed by atoms with Gasteiger partial charge in [0.25, 0.3) is 0 Å². The van der Waals surface area contributed by atoms with Crippen LogP contribution in [0.3, 0.4) is 0 Å². The van der Waals surface area contributed by atoms with E-state index in [0.29, 0.717) is 25.6 Å². The molecular weight excluding hydrogens is 280 g/mol. The van der Waals surface area contributed by atoms with Crippen LogP contribution in [0.25, 0.3) is 0 Å². The zero-order valence-corrected chi connectivity index (χ0v) is 13.1. The molecule has 1 saturated heterocycles. The van der Waals surface area contributed by atoms with Crippen molar-refractivity contribution in [1.29, 1.82) is 0 Å². The van der Waals surface area contributed by atoms with Gasteiger partial charge in [0, 0.05) is 37.4 Å². The molecule has 0 radical (unpaired) electrons. The average molecular weight is 304 g/mol. The normalized spacial score (nSPS) is 24.0. The molecule has 6 nitrogen and oxygen atoms in total. The summed E-state index contributed by atoms with van der Waals surface area (Å²) in [5.41, 5.74) is 0. The fraction of sp³-hybridized carbons (Fsp3) is 0.688. The van der Waals surface area contributed by atoms with Crippen molar-refractivity contribution in [2.75, 3.05) is 6.54 Å². The van der Waals surface area contributed by atoms with E-state index in [4.69, 9.17) is 0 Å². The van der Waals surface area contributed by atoms with Gasteiger partial charge in [-0.05, 0) is 25.8 Å². The topological polar surface area (TPSA) is 67.2 Å². The zero-order chi connectivity index (χ0) is 15.5. The maximum Gasteiger partial charge on any atom is 0.225 e. The molecule has 0 bridgehead atoms. The molecule has 1 saturated carbocycles. The van der Waals surface area contributed by atoms with E-state index in [1.165, 1.54) is 12.8 Å². The van der Waals surface area contributed by atoms with E-state index in [2.05, 4.69) is 10.4 Å². The van der Waals surface area contributed by atoms with Crippen LogP contribution in [0.2, 0.25) is 0 Å². The van der Waals surface area contributed by atoms with Crippen molar-refractivity contribution in [3.8, 4) is 0 Å². The molecular formula is C16H24N4O2. The minimum atomic E-state index is -0.201. The molecule has 1 aromatic heterocycles. The number of carbonyl (C=O) groups excluding carboxylic acids is 2. The van der Waals surface area contributed by atoms with Crippen molar-refractivity contribution < 1.29 is 9.59 Å². The van der Waals surface area contributed by atoms with Crippen molar-refractivity contribution in [3.05, 3.63) is 18.5 Å². The highest BCUT2D eigenvalue weighted by atomic mass is 16.2. The van der Waals surface area contributed by atoms with Crippen LogP contribution < -0.4 is 5.32 Å². The first kappa shape index (κ1) is 15.1. The first-order valence-corrected chi connectivity index (χ1v) is 8.21. The maximum atomic E-state index is 12.4. The van der Waals surface area contributed by atoms with E-state index in [9.17, 15) is 9.59 Å². The number of amides is 2. The van der Waals surface area contributed by atoms with E-state index in [0.717, 1.165) is 12.8 Å². The molecule has 1 aliphatic carbocycles. The van der Waals surface area contributed by atoms with Gasteiger partial charge in [-0.15, -0.1) is 0 Å². The van der Waals surface area contributed by atoms with Crippen LogP contribution in [0.5, 0.6) is 0 Å². The summed E-state index contributed by atoms with van der Waals surface area (Å²) in [6, 6.07) is 2.23. The molecule has 3 rings (SSSR count). The van der Waals surface area contributed by atoms with E-state index in [1.807, 2.05) is 24.1 Å². The first-order valence-electron chi connectivity index (χ1n) is 8.21. The standard InChI is InChI=1S/C16H24N4O2/c1-12(10-19-8-4-7-17-19)18-16(22)13-9-15(21)20(11-13)14-5-2-3-6-14/h4,7-8,12-14H,2-3,5-6,9-11H2,1H3,(H,18,22)/t12-,13+/m0/s1. The lowest BCUT2D eigenvalue weighted by atomic mass is 10.1. The summed E-state index contributed by atoms with van der Waals surface area (Å²) >= 11 is 0. The van der Waals surface area contributed by atoms with Gasteiger partial charge in [0.1, 0.15) is 0 Å². The molecule has 2 aliphatic rings. The van der Waals surface area contributed by atoms with E-state index < -0.39 is 0 Å². The Morgan fingerprint density at radius 1 is 1.45 bits per heavy atom. The third-order valence-corrected chi connectivity index (χ3v) is 4.70. The molecule has 0 unspecified atom stereocenters. The van der Waals surface area contributed by atoms with Gasteiger partial charge in [-0.2, -0.15) is 5.10 Å². The minimum absolute atomic E-state index is 0.00281. The molecule has 2 atom stereocenters. The molecule has 120 valence electrons. The summed E-state index contributed by atoms with van der Waals surface area (Å²) in [7, 11) is 0. The second-order valence-corrected chi connectivity index (χ2v) is 6.52. The van der Waals surface area contributed by atoms with Crippen LogP contribution in [0, 0.1) is 5.92 Å². The van der Waals surface area contributed by atoms with Gasteiger partial charge < -0.3 is 10.2 Å². The highest BCUT2D eigenvalue weighted by molar-refractivity contribution is 5.89. The van der Waals surface area contributed by atoms with E-state index in [-0.39, 0.29) is 23.8 Å². The Labute approximate surface area is 130 Å². The van der Waals surface area contributed by atoms with Gasteiger partial charge in [-0.25, -0.2) is 0 Å². The van der Waals surface area contributed by atoms with Gasteiger partial charge in [-0.1, -0.05) is 12.8 Å². The van der Waals surface area contributed by atoms with Crippen LogP contribution in [-0.2, 0) is 16.1 Å². The van der Waals surface area contributed by atoms with Crippen molar-refractivity contribution in [3.63, 3.8) is 0 Å². The van der Waals surface area contributed by atoms with Gasteiger partial charge in [-0.3, -0.25) is 14.3 Å². The number of likely N-dealkylation sites (tertiary alicyclic amines) is 1. The number of rotatable bonds is 5. The fourth-order valence-electron chi connectivity index (χ4n) is 3.57. The molecule has 2 fully saturated rings. The lowest BCUT2D eigenvalue weighted by Crippen LogP contribution is -2.41. The van der Waals surface area contributed by atoms with Crippen LogP contribution >= 0.6 is 0 Å². The van der Waals surface area contributed by atoms with Crippen LogP contribution in [0.1, 0.15) is 39.0 Å². The number of carbonyl (C=O) groups is 2. The number of nitrogens with one attached hydrogen (secondary N) is 1. The predicted octanol–water partition coefficient (Wildman–Crippen LogP) is 1.18. The molecule has 0 aromatic carbocycles. The Kier molecular flexibility index (Phi) is 4.45. The molecule has 6 heteroatoms. The van der Waals surface area contributed by atoms with E-state index >= 15 is 0 Å². The van der Waals surface area contributed by atoms with E-state index in [1.54, 1.807) is 10.9 Å². The monoisotopic (exact) mass is 304 g/mol. The minimum Gasteiger partial charge on any atom is -0.351 e. The summed E-state index contributed by atoms with van der Waals surface area (Å²) in [6.07, 6.45) is 8.55. The molecule has 22 heavy (non-hydrogen) atoms. The molecule has 2 heterocycles. The van der Waals surface area contributed by atoms with Gasteiger partial charge in [0.2, 0.25) is 11.8 Å². The smallest absolute Gasteiger partial charge is 0.225 e. The highest BCUT2D eigenvalue weighted by Crippen LogP contribution is 2.29. The summed E-state index contributed by atoms with van der Waals surface area (Å²) < 4.78 is 1.80. The second-order valence-electron chi connectivity index (χ2n) is 6.52. The molecule has 1 aliphatic heterocycles. The number of nitrogens with zero attached hydrogens (tertiary/aromatic N) is 3. The molecule has 1 N–H and O–H groups in total. The zero-order valence-electron chi connectivity index (χ0n) is 13.1. The molecule has 0 spiro atoms. The first-order chi connectivity index (χ1) is 10.6. The molecule has 1 aromatic rings. The lowest BCUT2D eigenvalue weighted by molar-refractivity contribution is -0.130. The largest absolute Gasteiger partial charge is 0.351 e. The predicted molar refractivity (Wildman–Crippen MR) is 81.9 cm³/mol. The maximum absolute atomic E-state index is 12.4. The van der Waals surface area contributed by atoms with Crippen LogP contribution in [0.4, 0.5) is 0 Å². The van der Waals surface area contributed by atoms with Crippen LogP contribution in [-0.4, -0.2) is 45.1 Å². The van der Waals surface area contributed by atoms with Crippen molar-refractivity contribution in [1.82, 2.24) is 20.0 Å². The van der Waals surface area contributed by atoms with Crippen molar-refractivity contribution >= 4 is 11.8 Å². The van der Waals surface area contributed by atoms with Gasteiger partial charge >= 0.3 is 0 Å². The van der Waals surface area contributed by atoms with Crippen molar-refractivity contribution in [2.24, 2.45) is 5.92 Å². The SMILES string of the molecule is C[C@@H](Cn1cccn1)NC(=O)[C@@H]1CC(=O)N(C2CCCC2)C1. The average Bonchev–Trinajstić information content (AvgIpc) is 3.18. The van der Waals surface area contributed by atoms with Gasteiger partial charge in [0.05, 0.1) is 12.5 Å². The Hall–Kier alpha value is -1.85. The number of aromatic nitrogens is 2. The fourth-order valence-corrected chi connectivity index (χ4v) is 3.57. The second kappa shape index (κ2) is 6.50. The summed E-state index contributed by atoms with van der Waals surface area (Å²) in [5.74, 6) is -0.0616. The summed E-state index contributed by atoms with van der Waals surface area (Å²) in [6.45, 7) is 3.20. The quantitative estimate of drug-likeness (QED) is 0.888. The van der Waals surface area contributed by atoms with Crippen LogP contribution in [0.15, 0.2) is 18.5 Å². The van der Waals surface area contributed by atoms with Crippen molar-refractivity contribution in [2.45, 2.75) is 57.7 Å². The van der Waals surface area contributed by atoms with Gasteiger partial charge in [0.15, 0.2) is 0 Å². The Morgan fingerprint density at radius 2 is 2.23 bits per heavy atom. The Morgan fingerprint density at radius 3 is 2.91 bits per heavy atom. The molecule has 2 amide bonds. The number of hydrogen-bond donors (Lipinski definition) is 1. The highest BCUT2D eigenvalue weighted by Gasteiger charge is 2.38. The lowest BCUT2D eigenvalue weighted by Gasteiger charge is -2.24. The third kappa shape index (κ3) is 3.31. The Balaban J connectivity index is 1.51. The Bertz CT molecular complexity index is 522. The summed E-state index contributed by atoms with van der Waals surface area (Å²) in [5, 5.41) is 7.15. The summed E-state index contributed by atoms with van der Waals surface area (Å²) in [4.78, 5) is 26.5.